The number of benzene rings is 3. The maximum absolute atomic E-state index is 13.9. The zero-order chi connectivity index (χ0) is 24.7. The van der Waals surface area contributed by atoms with Crippen LogP contribution in [0.15, 0.2) is 79.1 Å². The number of hydrogen-bond donors (Lipinski definition) is 0. The van der Waals surface area contributed by atoms with Gasteiger partial charge in [-0.3, -0.25) is 4.57 Å². The van der Waals surface area contributed by atoms with Crippen LogP contribution in [-0.4, -0.2) is 9.55 Å². The maximum Gasteiger partial charge on any atom is 0.418 e. The summed E-state index contributed by atoms with van der Waals surface area (Å²) in [6, 6.07) is 16.9. The van der Waals surface area contributed by atoms with Crippen molar-refractivity contribution in [2.24, 2.45) is 0 Å². The van der Waals surface area contributed by atoms with Crippen molar-refractivity contribution in [3.05, 3.63) is 101 Å². The molecule has 0 amide bonds. The Balaban J connectivity index is 1.94. The Morgan fingerprint density at radius 1 is 0.706 bits per heavy atom. The molecule has 4 rings (SSSR count). The normalized spacial score (nSPS) is 12.4. The monoisotopic (exact) mass is 492 g/mol. The van der Waals surface area contributed by atoms with Crippen LogP contribution in [0.4, 0.5) is 26.3 Å². The average Bonchev–Trinajstić information content (AvgIpc) is 3.24. The van der Waals surface area contributed by atoms with Crippen LogP contribution in [0.3, 0.4) is 0 Å². The Bertz CT molecular complexity index is 1240. The molecule has 0 aliphatic heterocycles. The van der Waals surface area contributed by atoms with E-state index in [0.717, 1.165) is 27.8 Å². The minimum absolute atomic E-state index is 0.152. The Labute approximate surface area is 193 Å². The Morgan fingerprint density at radius 2 is 1.24 bits per heavy atom. The van der Waals surface area contributed by atoms with Crippen LogP contribution < -0.4 is 16.2 Å². The summed E-state index contributed by atoms with van der Waals surface area (Å²) in [5.41, 5.74) is -0.761. The quantitative estimate of drug-likeness (QED) is 0.242. The number of imidazole rings is 1. The molecule has 0 aliphatic rings. The maximum atomic E-state index is 13.9. The molecule has 4 aromatic rings. The lowest BCUT2D eigenvalue weighted by Crippen LogP contribution is -2.28. The number of halogens is 6. The van der Waals surface area contributed by atoms with Gasteiger partial charge < -0.3 is 0 Å². The van der Waals surface area contributed by atoms with E-state index in [9.17, 15) is 26.3 Å². The summed E-state index contributed by atoms with van der Waals surface area (Å²) in [5.74, 6) is 0. The van der Waals surface area contributed by atoms with Crippen LogP contribution >= 0.6 is 7.92 Å². The van der Waals surface area contributed by atoms with Crippen molar-refractivity contribution in [2.75, 3.05) is 0 Å². The van der Waals surface area contributed by atoms with Crippen molar-refractivity contribution in [1.82, 2.24) is 9.55 Å². The van der Waals surface area contributed by atoms with Gasteiger partial charge in [-0.05, 0) is 42.7 Å². The minimum atomic E-state index is -4.99. The fraction of sp³-hybridized carbons (Fsp3) is 0.160. The molecule has 0 bridgehead atoms. The van der Waals surface area contributed by atoms with Crippen molar-refractivity contribution in [3.63, 3.8) is 0 Å². The Kier molecular flexibility index (Phi) is 6.30. The zero-order valence-electron chi connectivity index (χ0n) is 18.1. The smallest absolute Gasteiger partial charge is 0.299 e. The molecule has 34 heavy (non-hydrogen) atoms. The number of nitrogens with zero attached hydrogens (tertiary/aromatic N) is 2. The van der Waals surface area contributed by atoms with Crippen molar-refractivity contribution < 1.29 is 26.3 Å². The van der Waals surface area contributed by atoms with Crippen LogP contribution in [0.1, 0.15) is 22.3 Å². The summed E-state index contributed by atoms with van der Waals surface area (Å²) in [7, 11) is -1.39. The summed E-state index contributed by atoms with van der Waals surface area (Å²) >= 11 is 0. The highest BCUT2D eigenvalue weighted by Crippen LogP contribution is 2.40. The second kappa shape index (κ2) is 8.91. The van der Waals surface area contributed by atoms with Gasteiger partial charge in [-0.25, -0.2) is 4.98 Å². The highest BCUT2D eigenvalue weighted by molar-refractivity contribution is 7.79. The lowest BCUT2D eigenvalue weighted by molar-refractivity contribution is -0.143. The lowest BCUT2D eigenvalue weighted by atomic mass is 10.1. The van der Waals surface area contributed by atoms with Crippen LogP contribution in [0, 0.1) is 13.8 Å². The molecule has 1 aromatic heterocycles. The molecular weight excluding hydrogens is 473 g/mol. The van der Waals surface area contributed by atoms with Gasteiger partial charge in [0, 0.05) is 20.3 Å². The molecule has 0 spiro atoms. The van der Waals surface area contributed by atoms with Gasteiger partial charge in [-0.15, -0.1) is 0 Å². The lowest BCUT2D eigenvalue weighted by Gasteiger charge is -2.22. The Morgan fingerprint density at radius 3 is 1.71 bits per heavy atom. The molecule has 0 unspecified atom stereocenters. The second-order valence-electron chi connectivity index (χ2n) is 7.83. The first-order valence-corrected chi connectivity index (χ1v) is 11.5. The van der Waals surface area contributed by atoms with E-state index < -0.39 is 37.1 Å². The highest BCUT2D eigenvalue weighted by atomic mass is 31.1. The predicted octanol–water partition coefficient (Wildman–Crippen LogP) is 6.28. The van der Waals surface area contributed by atoms with Crippen LogP contribution in [0.25, 0.3) is 5.69 Å². The first-order chi connectivity index (χ1) is 15.9. The van der Waals surface area contributed by atoms with Crippen molar-refractivity contribution in [1.29, 1.82) is 0 Å². The summed E-state index contributed by atoms with van der Waals surface area (Å²) < 4.78 is 82.4. The van der Waals surface area contributed by atoms with Crippen molar-refractivity contribution in [2.45, 2.75) is 26.2 Å². The molecule has 0 saturated carbocycles. The van der Waals surface area contributed by atoms with E-state index in [1.807, 2.05) is 62.4 Å². The van der Waals surface area contributed by atoms with E-state index in [2.05, 4.69) is 4.98 Å². The Hall–Kier alpha value is -3.12. The molecule has 9 heteroatoms. The van der Waals surface area contributed by atoms with Gasteiger partial charge in [-0.2, -0.15) is 26.3 Å². The molecule has 3 aromatic carbocycles. The van der Waals surface area contributed by atoms with E-state index in [4.69, 9.17) is 0 Å². The van der Waals surface area contributed by atoms with E-state index in [1.54, 1.807) is 0 Å². The standard InChI is InChI=1S/C25H19F6N2P/c1-16-3-8-19(9-4-16)34(20-10-5-17(2)6-11-20)23-32-13-14-33(23)22-12-7-18(24(26,27)28)15-21(22)25(29,30)31/h3-15H,1-2H3. The molecule has 176 valence electrons. The highest BCUT2D eigenvalue weighted by Gasteiger charge is 2.39. The molecule has 0 N–H and O–H groups in total. The molecular formula is C25H19F6N2P. The van der Waals surface area contributed by atoms with Gasteiger partial charge in [0.2, 0.25) is 0 Å². The molecule has 0 atom stereocenters. The fourth-order valence-corrected chi connectivity index (χ4v) is 5.79. The number of aromatic nitrogens is 2. The number of aryl methyl sites for hydroxylation is 2. The second-order valence-corrected chi connectivity index (χ2v) is 9.93. The number of hydrogen-bond acceptors (Lipinski definition) is 1. The number of rotatable bonds is 4. The summed E-state index contributed by atoms with van der Waals surface area (Å²) in [6.07, 6.45) is -7.17. The fourth-order valence-electron chi connectivity index (χ4n) is 3.57. The van der Waals surface area contributed by atoms with Gasteiger partial charge in [0.1, 0.15) is 5.57 Å². The first-order valence-electron chi connectivity index (χ1n) is 10.2. The molecule has 2 nitrogen and oxygen atoms in total. The number of alkyl halides is 6. The molecule has 0 radical (unpaired) electrons. The van der Waals surface area contributed by atoms with E-state index in [-0.39, 0.29) is 6.07 Å². The van der Waals surface area contributed by atoms with Crippen molar-refractivity contribution >= 4 is 24.1 Å². The molecule has 0 fully saturated rings. The van der Waals surface area contributed by atoms with E-state index in [0.29, 0.717) is 11.6 Å². The van der Waals surface area contributed by atoms with Crippen LogP contribution in [-0.2, 0) is 12.4 Å². The average molecular weight is 492 g/mol. The third-order valence-corrected chi connectivity index (χ3v) is 7.65. The van der Waals surface area contributed by atoms with E-state index >= 15 is 0 Å². The van der Waals surface area contributed by atoms with Gasteiger partial charge in [0.15, 0.2) is 0 Å². The molecule has 0 saturated heterocycles. The van der Waals surface area contributed by atoms with Crippen molar-refractivity contribution in [3.8, 4) is 5.69 Å². The van der Waals surface area contributed by atoms with Gasteiger partial charge in [0.25, 0.3) is 0 Å². The largest absolute Gasteiger partial charge is 0.418 e. The SMILES string of the molecule is Cc1ccc(P(c2ccc(C)cc2)c2nccn2-c2ccc(C(F)(F)F)cc2C(F)(F)F)cc1. The third kappa shape index (κ3) is 4.87. The summed E-state index contributed by atoms with van der Waals surface area (Å²) in [4.78, 5) is 4.39. The minimum Gasteiger partial charge on any atom is -0.299 e. The predicted molar refractivity (Wildman–Crippen MR) is 122 cm³/mol. The zero-order valence-corrected chi connectivity index (χ0v) is 19.0. The van der Waals surface area contributed by atoms with Gasteiger partial charge in [-0.1, -0.05) is 59.7 Å². The summed E-state index contributed by atoms with van der Waals surface area (Å²) in [6.45, 7) is 3.85. The molecule has 1 heterocycles. The molecule has 0 aliphatic carbocycles. The summed E-state index contributed by atoms with van der Waals surface area (Å²) in [5, 5.41) is 1.72. The van der Waals surface area contributed by atoms with Gasteiger partial charge >= 0.3 is 12.4 Å². The topological polar surface area (TPSA) is 17.8 Å². The third-order valence-electron chi connectivity index (χ3n) is 5.29. The van der Waals surface area contributed by atoms with E-state index in [1.165, 1.54) is 17.0 Å². The van der Waals surface area contributed by atoms with Gasteiger partial charge in [0.05, 0.1) is 16.8 Å². The van der Waals surface area contributed by atoms with Crippen LogP contribution in [0.5, 0.6) is 0 Å². The van der Waals surface area contributed by atoms with Crippen LogP contribution in [0.2, 0.25) is 0 Å². The first kappa shape index (κ1) is 24.0.